The first-order valence-electron chi connectivity index (χ1n) is 11.3. The Kier molecular flexibility index (Phi) is 9.25. The van der Waals surface area contributed by atoms with Gasteiger partial charge in [-0.3, -0.25) is 9.59 Å². The molecule has 0 fully saturated rings. The van der Waals surface area contributed by atoms with Crippen molar-refractivity contribution in [2.45, 2.75) is 20.3 Å². The summed E-state index contributed by atoms with van der Waals surface area (Å²) in [6.07, 6.45) is 2.02. The van der Waals surface area contributed by atoms with Gasteiger partial charge in [-0.15, -0.1) is 0 Å². The molecule has 0 aliphatic heterocycles. The van der Waals surface area contributed by atoms with Crippen LogP contribution in [0, 0.1) is 5.92 Å². The van der Waals surface area contributed by atoms with E-state index in [0.717, 1.165) is 0 Å². The van der Waals surface area contributed by atoms with Crippen molar-refractivity contribution in [3.05, 3.63) is 83.5 Å². The average molecular weight is 496 g/mol. The highest BCUT2D eigenvalue weighted by molar-refractivity contribution is 7.80. The molecular weight excluding hydrogens is 466 g/mol. The zero-order chi connectivity index (χ0) is 25.2. The van der Waals surface area contributed by atoms with Crippen LogP contribution in [0.25, 0.3) is 0 Å². The fourth-order valence-corrected chi connectivity index (χ4v) is 3.72. The Morgan fingerprint density at radius 3 is 2.31 bits per heavy atom. The molecule has 3 N–H and O–H groups in total. The van der Waals surface area contributed by atoms with Crippen LogP contribution in [0.2, 0.25) is 0 Å². The number of amides is 2. The van der Waals surface area contributed by atoms with Crippen molar-refractivity contribution in [1.29, 1.82) is 0 Å². The van der Waals surface area contributed by atoms with Crippen molar-refractivity contribution < 1.29 is 23.8 Å². The van der Waals surface area contributed by atoms with Gasteiger partial charge in [0.2, 0.25) is 5.91 Å². The summed E-state index contributed by atoms with van der Waals surface area (Å²) in [5.74, 6) is 0.444. The Morgan fingerprint density at radius 2 is 1.66 bits per heavy atom. The third kappa shape index (κ3) is 7.07. The maximum absolute atomic E-state index is 12.9. The molecule has 2 aromatic rings. The smallest absolute Gasteiger partial charge is 0.255 e. The van der Waals surface area contributed by atoms with Gasteiger partial charge in [0.15, 0.2) is 16.6 Å². The van der Waals surface area contributed by atoms with Gasteiger partial charge in [-0.1, -0.05) is 24.3 Å². The standard InChI is InChI=1S/C26H29N3O5S/c1-4-33-22-15-18(14-21(32-3)23(22)34-5-2)25(31)29-26(35)28-20-13-9-12-19(16-20)27-24(30)17-10-7-6-8-11-17/h6-14,16,18H,4-5,15H2,1-3H3,(H,27,30)(H2,28,29,31,35). The predicted octanol–water partition coefficient (Wildman–Crippen LogP) is 4.59. The van der Waals surface area contributed by atoms with Crippen molar-refractivity contribution in [1.82, 2.24) is 5.32 Å². The van der Waals surface area contributed by atoms with E-state index in [-0.39, 0.29) is 16.9 Å². The highest BCUT2D eigenvalue weighted by Crippen LogP contribution is 2.31. The number of benzene rings is 2. The molecule has 1 aliphatic carbocycles. The van der Waals surface area contributed by atoms with Gasteiger partial charge in [-0.25, -0.2) is 0 Å². The van der Waals surface area contributed by atoms with Crippen molar-refractivity contribution in [3.63, 3.8) is 0 Å². The SMILES string of the molecule is CCOC1=C(OCC)C(OC)=CC(C(=O)NC(=S)Nc2cccc(NC(=O)c3ccccc3)c2)C1. The van der Waals surface area contributed by atoms with Gasteiger partial charge in [0.25, 0.3) is 5.91 Å². The third-order valence-corrected chi connectivity index (χ3v) is 5.25. The van der Waals surface area contributed by atoms with Gasteiger partial charge >= 0.3 is 0 Å². The topological polar surface area (TPSA) is 97.9 Å². The van der Waals surface area contributed by atoms with Crippen LogP contribution in [0.15, 0.2) is 78.0 Å². The lowest BCUT2D eigenvalue weighted by Gasteiger charge is -2.25. The molecule has 0 spiro atoms. The number of anilines is 2. The molecule has 2 aromatic carbocycles. The van der Waals surface area contributed by atoms with E-state index in [0.29, 0.717) is 53.9 Å². The van der Waals surface area contributed by atoms with Crippen LogP contribution in [-0.4, -0.2) is 37.3 Å². The zero-order valence-electron chi connectivity index (χ0n) is 19.9. The average Bonchev–Trinajstić information content (AvgIpc) is 2.85. The highest BCUT2D eigenvalue weighted by Gasteiger charge is 2.30. The monoisotopic (exact) mass is 495 g/mol. The molecule has 3 rings (SSSR count). The molecule has 0 saturated carbocycles. The molecule has 0 heterocycles. The van der Waals surface area contributed by atoms with Crippen LogP contribution >= 0.6 is 12.2 Å². The van der Waals surface area contributed by atoms with Crippen molar-refractivity contribution in [2.24, 2.45) is 5.92 Å². The minimum Gasteiger partial charge on any atom is -0.494 e. The van der Waals surface area contributed by atoms with Crippen molar-refractivity contribution in [2.75, 3.05) is 31.0 Å². The summed E-state index contributed by atoms with van der Waals surface area (Å²) < 4.78 is 16.8. The molecule has 0 bridgehead atoms. The lowest BCUT2D eigenvalue weighted by atomic mass is 9.96. The number of thiocarbonyl (C=S) groups is 1. The summed E-state index contributed by atoms with van der Waals surface area (Å²) in [5, 5.41) is 8.67. The first-order valence-corrected chi connectivity index (χ1v) is 11.7. The van der Waals surface area contributed by atoms with Gasteiger partial charge in [-0.05, 0) is 62.5 Å². The summed E-state index contributed by atoms with van der Waals surface area (Å²) >= 11 is 5.34. The van der Waals surface area contributed by atoms with Crippen LogP contribution in [0.1, 0.15) is 30.6 Å². The summed E-state index contributed by atoms with van der Waals surface area (Å²) in [5.41, 5.74) is 1.76. The Hall–Kier alpha value is -3.85. The van der Waals surface area contributed by atoms with E-state index >= 15 is 0 Å². The summed E-state index contributed by atoms with van der Waals surface area (Å²) in [6, 6.07) is 16.0. The second-order valence-electron chi connectivity index (χ2n) is 7.51. The number of methoxy groups -OCH3 is 1. The largest absolute Gasteiger partial charge is 0.494 e. The van der Waals surface area contributed by atoms with Crippen LogP contribution in [0.4, 0.5) is 11.4 Å². The molecule has 8 nitrogen and oxygen atoms in total. The maximum atomic E-state index is 12.9. The summed E-state index contributed by atoms with van der Waals surface area (Å²) in [4.78, 5) is 25.3. The third-order valence-electron chi connectivity index (χ3n) is 5.05. The molecule has 0 aromatic heterocycles. The number of hydrogen-bond acceptors (Lipinski definition) is 6. The van der Waals surface area contributed by atoms with E-state index in [1.807, 2.05) is 19.9 Å². The molecule has 0 saturated heterocycles. The van der Waals surface area contributed by atoms with Crippen LogP contribution in [0.5, 0.6) is 0 Å². The lowest BCUT2D eigenvalue weighted by molar-refractivity contribution is -0.122. The number of allylic oxidation sites excluding steroid dienone is 1. The molecule has 1 atom stereocenters. The van der Waals surface area contributed by atoms with E-state index in [1.165, 1.54) is 7.11 Å². The molecular formula is C26H29N3O5S. The van der Waals surface area contributed by atoms with E-state index in [4.69, 9.17) is 26.4 Å². The molecule has 184 valence electrons. The fourth-order valence-electron chi connectivity index (χ4n) is 3.51. The Morgan fingerprint density at radius 1 is 0.971 bits per heavy atom. The number of carbonyl (C=O) groups is 2. The van der Waals surface area contributed by atoms with Crippen LogP contribution in [-0.2, 0) is 19.0 Å². The summed E-state index contributed by atoms with van der Waals surface area (Å²) in [6.45, 7) is 4.62. The number of carbonyl (C=O) groups excluding carboxylic acids is 2. The molecule has 1 aliphatic rings. The Bertz CT molecular complexity index is 1130. The lowest BCUT2D eigenvalue weighted by Crippen LogP contribution is -2.39. The van der Waals surface area contributed by atoms with Crippen molar-refractivity contribution >= 4 is 40.5 Å². The van der Waals surface area contributed by atoms with E-state index in [9.17, 15) is 9.59 Å². The highest BCUT2D eigenvalue weighted by atomic mass is 32.1. The van der Waals surface area contributed by atoms with Crippen LogP contribution < -0.4 is 16.0 Å². The number of nitrogens with one attached hydrogen (secondary N) is 3. The number of hydrogen-bond donors (Lipinski definition) is 3. The first kappa shape index (κ1) is 25.8. The molecule has 35 heavy (non-hydrogen) atoms. The predicted molar refractivity (Wildman–Crippen MR) is 139 cm³/mol. The van der Waals surface area contributed by atoms with Gasteiger partial charge in [0.1, 0.15) is 5.76 Å². The molecule has 2 amide bonds. The van der Waals surface area contributed by atoms with Gasteiger partial charge in [0, 0.05) is 23.4 Å². The molecule has 9 heteroatoms. The minimum absolute atomic E-state index is 0.131. The second kappa shape index (κ2) is 12.6. The number of ether oxygens (including phenoxy) is 3. The quantitative estimate of drug-likeness (QED) is 0.438. The van der Waals surface area contributed by atoms with Gasteiger partial charge in [-0.2, -0.15) is 0 Å². The fraction of sp³-hybridized carbons (Fsp3) is 0.269. The Labute approximate surface area is 210 Å². The van der Waals surface area contributed by atoms with E-state index in [1.54, 1.807) is 54.6 Å². The maximum Gasteiger partial charge on any atom is 0.255 e. The molecule has 0 radical (unpaired) electrons. The normalized spacial score (nSPS) is 14.9. The zero-order valence-corrected chi connectivity index (χ0v) is 20.7. The van der Waals surface area contributed by atoms with Gasteiger partial charge in [0.05, 0.1) is 26.2 Å². The number of rotatable bonds is 9. The van der Waals surface area contributed by atoms with Gasteiger partial charge < -0.3 is 30.2 Å². The Balaban J connectivity index is 1.62. The van der Waals surface area contributed by atoms with Crippen LogP contribution in [0.3, 0.4) is 0 Å². The minimum atomic E-state index is -0.549. The van der Waals surface area contributed by atoms with Crippen molar-refractivity contribution in [3.8, 4) is 0 Å². The second-order valence-corrected chi connectivity index (χ2v) is 7.92. The summed E-state index contributed by atoms with van der Waals surface area (Å²) in [7, 11) is 1.52. The van der Waals surface area contributed by atoms with E-state index < -0.39 is 5.92 Å². The van der Waals surface area contributed by atoms with E-state index in [2.05, 4.69) is 16.0 Å². The first-order chi connectivity index (χ1) is 16.9. The molecule has 1 unspecified atom stereocenters.